The number of aromatic nitrogens is 2. The Hall–Kier alpha value is -2.34. The van der Waals surface area contributed by atoms with Crippen molar-refractivity contribution in [2.75, 3.05) is 18.8 Å². The van der Waals surface area contributed by atoms with E-state index in [9.17, 15) is 9.59 Å². The smallest absolute Gasteiger partial charge is 0.262 e. The van der Waals surface area contributed by atoms with Crippen LogP contribution in [0.5, 0.6) is 0 Å². The maximum atomic E-state index is 13.0. The second-order valence-electron chi connectivity index (χ2n) is 7.24. The summed E-state index contributed by atoms with van der Waals surface area (Å²) in [7, 11) is 0. The van der Waals surface area contributed by atoms with E-state index in [0.29, 0.717) is 28.4 Å². The van der Waals surface area contributed by atoms with Crippen LogP contribution in [0.3, 0.4) is 0 Å². The first-order valence-electron chi connectivity index (χ1n) is 10.0. The summed E-state index contributed by atoms with van der Waals surface area (Å²) in [6.07, 6.45) is 4.56. The van der Waals surface area contributed by atoms with Crippen LogP contribution in [0.2, 0.25) is 0 Å². The highest BCUT2D eigenvalue weighted by molar-refractivity contribution is 7.99. The molecule has 1 aromatic heterocycles. The number of carbonyl (C=O) groups excluding carboxylic acids is 1. The molecule has 1 fully saturated rings. The lowest BCUT2D eigenvalue weighted by atomic mass is 10.1. The zero-order valence-electron chi connectivity index (χ0n) is 16.2. The van der Waals surface area contributed by atoms with E-state index in [1.54, 1.807) is 4.57 Å². The third-order valence-electron chi connectivity index (χ3n) is 5.39. The zero-order chi connectivity index (χ0) is 19.5. The molecule has 0 aliphatic carbocycles. The SMILES string of the molecule is CCn1c(SCC(=O)N2CCCCCC2)nc2cc3ccccc3cc2c1=O. The quantitative estimate of drug-likeness (QED) is 0.380. The largest absolute Gasteiger partial charge is 0.342 e. The second-order valence-corrected chi connectivity index (χ2v) is 8.19. The number of amides is 1. The van der Waals surface area contributed by atoms with Crippen molar-refractivity contribution in [2.45, 2.75) is 44.3 Å². The minimum atomic E-state index is -0.0389. The van der Waals surface area contributed by atoms with Crippen molar-refractivity contribution >= 4 is 39.3 Å². The number of thioether (sulfide) groups is 1. The average Bonchev–Trinajstić information content (AvgIpc) is 3.00. The Morgan fingerprint density at radius 1 is 1.07 bits per heavy atom. The van der Waals surface area contributed by atoms with E-state index in [0.717, 1.165) is 36.7 Å². The molecular formula is C22H25N3O2S. The third kappa shape index (κ3) is 3.78. The normalized spacial score (nSPS) is 15.1. The molecule has 2 aromatic carbocycles. The molecule has 0 saturated carbocycles. The van der Waals surface area contributed by atoms with Gasteiger partial charge in [-0.25, -0.2) is 4.98 Å². The lowest BCUT2D eigenvalue weighted by molar-refractivity contribution is -0.128. The van der Waals surface area contributed by atoms with Gasteiger partial charge in [0.1, 0.15) is 0 Å². The molecule has 0 radical (unpaired) electrons. The van der Waals surface area contributed by atoms with Crippen LogP contribution in [0.4, 0.5) is 0 Å². The predicted molar refractivity (Wildman–Crippen MR) is 115 cm³/mol. The van der Waals surface area contributed by atoms with Crippen molar-refractivity contribution in [1.29, 1.82) is 0 Å². The molecule has 3 aromatic rings. The summed E-state index contributed by atoms with van der Waals surface area (Å²) in [5.74, 6) is 0.466. The molecule has 1 saturated heterocycles. The molecule has 4 rings (SSSR count). The van der Waals surface area contributed by atoms with Crippen molar-refractivity contribution in [3.05, 3.63) is 46.8 Å². The summed E-state index contributed by atoms with van der Waals surface area (Å²) in [6, 6.07) is 11.9. The standard InChI is InChI=1S/C22H25N3O2S/c1-2-25-21(27)18-13-16-9-5-6-10-17(16)14-19(18)23-22(25)28-15-20(26)24-11-7-3-4-8-12-24/h5-6,9-10,13-14H,2-4,7-8,11-12,15H2,1H3. The average molecular weight is 396 g/mol. The predicted octanol–water partition coefficient (Wildman–Crippen LogP) is 4.06. The van der Waals surface area contributed by atoms with E-state index in [-0.39, 0.29) is 11.5 Å². The summed E-state index contributed by atoms with van der Waals surface area (Å²) in [6.45, 7) is 4.17. The van der Waals surface area contributed by atoms with E-state index < -0.39 is 0 Å². The first-order valence-corrected chi connectivity index (χ1v) is 11.0. The first kappa shape index (κ1) is 19.0. The summed E-state index contributed by atoms with van der Waals surface area (Å²) in [5.41, 5.74) is 0.654. The maximum absolute atomic E-state index is 13.0. The van der Waals surface area contributed by atoms with Gasteiger partial charge in [-0.15, -0.1) is 0 Å². The fourth-order valence-corrected chi connectivity index (χ4v) is 4.78. The summed E-state index contributed by atoms with van der Waals surface area (Å²) in [4.78, 5) is 32.4. The highest BCUT2D eigenvalue weighted by Crippen LogP contribution is 2.23. The van der Waals surface area contributed by atoms with E-state index in [1.165, 1.54) is 24.6 Å². The van der Waals surface area contributed by atoms with Gasteiger partial charge in [0.25, 0.3) is 5.56 Å². The Morgan fingerprint density at radius 2 is 1.75 bits per heavy atom. The minimum absolute atomic E-state index is 0.0389. The van der Waals surface area contributed by atoms with Crippen LogP contribution in [0.25, 0.3) is 21.7 Å². The lowest BCUT2D eigenvalue weighted by Gasteiger charge is -2.20. The van der Waals surface area contributed by atoms with Crippen LogP contribution in [-0.4, -0.2) is 39.2 Å². The molecule has 28 heavy (non-hydrogen) atoms. The van der Waals surface area contributed by atoms with Crippen LogP contribution in [0, 0.1) is 0 Å². The molecule has 0 unspecified atom stereocenters. The number of nitrogens with zero attached hydrogens (tertiary/aromatic N) is 3. The molecule has 1 aliphatic rings. The van der Waals surface area contributed by atoms with Crippen LogP contribution in [-0.2, 0) is 11.3 Å². The van der Waals surface area contributed by atoms with Crippen molar-refractivity contribution in [3.63, 3.8) is 0 Å². The molecule has 1 aliphatic heterocycles. The van der Waals surface area contributed by atoms with Crippen LogP contribution in [0.15, 0.2) is 46.3 Å². The molecular weight excluding hydrogens is 370 g/mol. The van der Waals surface area contributed by atoms with Crippen molar-refractivity contribution in [1.82, 2.24) is 14.5 Å². The topological polar surface area (TPSA) is 55.2 Å². The fourth-order valence-electron chi connectivity index (χ4n) is 3.81. The third-order valence-corrected chi connectivity index (χ3v) is 6.35. The number of hydrogen-bond donors (Lipinski definition) is 0. The molecule has 6 heteroatoms. The number of benzene rings is 2. The van der Waals surface area contributed by atoms with Crippen molar-refractivity contribution in [3.8, 4) is 0 Å². The molecule has 0 N–H and O–H groups in total. The minimum Gasteiger partial charge on any atom is -0.342 e. The number of rotatable bonds is 4. The van der Waals surface area contributed by atoms with Gasteiger partial charge in [-0.2, -0.15) is 0 Å². The number of likely N-dealkylation sites (tertiary alicyclic amines) is 1. The van der Waals surface area contributed by atoms with Gasteiger partial charge in [-0.1, -0.05) is 48.9 Å². The Morgan fingerprint density at radius 3 is 2.43 bits per heavy atom. The molecule has 1 amide bonds. The van der Waals surface area contributed by atoms with Crippen molar-refractivity contribution < 1.29 is 4.79 Å². The zero-order valence-corrected chi connectivity index (χ0v) is 17.0. The molecule has 0 bridgehead atoms. The number of hydrogen-bond acceptors (Lipinski definition) is 4. The van der Waals surface area contributed by atoms with Crippen molar-refractivity contribution in [2.24, 2.45) is 0 Å². The van der Waals surface area contributed by atoms with Gasteiger partial charge in [0, 0.05) is 19.6 Å². The number of carbonyl (C=O) groups is 1. The molecule has 5 nitrogen and oxygen atoms in total. The highest BCUT2D eigenvalue weighted by Gasteiger charge is 2.18. The van der Waals surface area contributed by atoms with Gasteiger partial charge in [-0.05, 0) is 42.7 Å². The summed E-state index contributed by atoms with van der Waals surface area (Å²) < 4.78 is 1.68. The van der Waals surface area contributed by atoms with Gasteiger partial charge in [0.2, 0.25) is 5.91 Å². The van der Waals surface area contributed by atoms with Crippen LogP contribution >= 0.6 is 11.8 Å². The monoisotopic (exact) mass is 395 g/mol. The van der Waals surface area contributed by atoms with Gasteiger partial charge in [0.05, 0.1) is 16.7 Å². The Balaban J connectivity index is 1.65. The molecule has 0 atom stereocenters. The first-order chi connectivity index (χ1) is 13.7. The summed E-state index contributed by atoms with van der Waals surface area (Å²) in [5, 5.41) is 3.35. The second kappa shape index (κ2) is 8.35. The Bertz CT molecular complexity index is 1070. The molecule has 146 valence electrons. The van der Waals surface area contributed by atoms with Gasteiger partial charge >= 0.3 is 0 Å². The van der Waals surface area contributed by atoms with Gasteiger partial charge in [0.15, 0.2) is 5.16 Å². The van der Waals surface area contributed by atoms with Crippen LogP contribution < -0.4 is 5.56 Å². The fraction of sp³-hybridized carbons (Fsp3) is 0.409. The van der Waals surface area contributed by atoms with E-state index in [1.807, 2.05) is 48.2 Å². The van der Waals surface area contributed by atoms with E-state index >= 15 is 0 Å². The molecule has 0 spiro atoms. The van der Waals surface area contributed by atoms with Crippen LogP contribution in [0.1, 0.15) is 32.6 Å². The highest BCUT2D eigenvalue weighted by atomic mass is 32.2. The Labute approximate surface area is 168 Å². The lowest BCUT2D eigenvalue weighted by Crippen LogP contribution is -2.33. The molecule has 2 heterocycles. The number of fused-ring (bicyclic) bond motifs is 2. The summed E-state index contributed by atoms with van der Waals surface area (Å²) >= 11 is 1.38. The van der Waals surface area contributed by atoms with E-state index in [2.05, 4.69) is 0 Å². The van der Waals surface area contributed by atoms with Gasteiger partial charge in [-0.3, -0.25) is 14.2 Å². The van der Waals surface area contributed by atoms with E-state index in [4.69, 9.17) is 4.98 Å². The van der Waals surface area contributed by atoms with Gasteiger partial charge < -0.3 is 4.90 Å². The Kier molecular flexibility index (Phi) is 5.67. The maximum Gasteiger partial charge on any atom is 0.262 e.